The molecule has 0 aromatic carbocycles. The van der Waals surface area contributed by atoms with E-state index >= 15 is 0 Å². The Morgan fingerprint density at radius 3 is 2.88 bits per heavy atom. The van der Waals surface area contributed by atoms with E-state index in [9.17, 15) is 9.59 Å². The number of carbonyl (C=O) groups excluding carboxylic acids is 1. The van der Waals surface area contributed by atoms with Gasteiger partial charge < -0.3 is 10.8 Å². The monoisotopic (exact) mass is 296 g/mol. The number of rotatable bonds is 3. The molecule has 1 fully saturated rings. The summed E-state index contributed by atoms with van der Waals surface area (Å²) in [7, 11) is 0. The van der Waals surface area contributed by atoms with Crippen LogP contribution in [0.5, 0.6) is 0 Å². The number of amides is 1. The molecule has 0 saturated carbocycles. The van der Waals surface area contributed by atoms with E-state index in [4.69, 9.17) is 10.8 Å². The Hall–Kier alpha value is -0.370. The van der Waals surface area contributed by atoms with Crippen LogP contribution in [0.2, 0.25) is 0 Å². The maximum absolute atomic E-state index is 11.5. The topological polar surface area (TPSA) is 83.6 Å². The van der Waals surface area contributed by atoms with Gasteiger partial charge in [0.2, 0.25) is 5.91 Å². The molecular weight excluding hydrogens is 284 g/mol. The van der Waals surface area contributed by atoms with Crippen LogP contribution in [0.4, 0.5) is 0 Å². The van der Waals surface area contributed by atoms with E-state index in [1.165, 1.54) is 28.4 Å². The second-order valence-corrected chi connectivity index (χ2v) is 5.91. The van der Waals surface area contributed by atoms with Crippen molar-refractivity contribution in [3.63, 3.8) is 0 Å². The summed E-state index contributed by atoms with van der Waals surface area (Å²) in [6, 6.07) is -0.549. The number of halogens is 1. The summed E-state index contributed by atoms with van der Waals surface area (Å²) in [5, 5.41) is 8.95. The Morgan fingerprint density at radius 2 is 2.35 bits per heavy atom. The molecule has 8 heteroatoms. The van der Waals surface area contributed by atoms with Crippen molar-refractivity contribution >= 4 is 47.8 Å². The van der Waals surface area contributed by atoms with Gasteiger partial charge >= 0.3 is 5.97 Å². The fraction of sp³-hybridized carbons (Fsp3) is 0.556. The normalized spacial score (nSPS) is 27.2. The molecule has 2 aliphatic heterocycles. The lowest BCUT2D eigenvalue weighted by molar-refractivity contribution is -0.147. The SMILES string of the molecule is CCSC1=C(C(=O)O)N2C(=O)C(N)[C@@H]2SC1.Cl. The quantitative estimate of drug-likeness (QED) is 0.746. The average molecular weight is 297 g/mol. The first-order valence-corrected chi connectivity index (χ1v) is 6.90. The third-order valence-corrected chi connectivity index (χ3v) is 4.95. The van der Waals surface area contributed by atoms with E-state index in [1.807, 2.05) is 6.92 Å². The predicted molar refractivity (Wildman–Crippen MR) is 71.1 cm³/mol. The van der Waals surface area contributed by atoms with Gasteiger partial charge in [-0.25, -0.2) is 4.79 Å². The van der Waals surface area contributed by atoms with E-state index in [0.717, 1.165) is 10.7 Å². The van der Waals surface area contributed by atoms with Crippen molar-refractivity contribution in [3.05, 3.63) is 10.6 Å². The Morgan fingerprint density at radius 1 is 1.71 bits per heavy atom. The van der Waals surface area contributed by atoms with Crippen molar-refractivity contribution in [1.82, 2.24) is 4.90 Å². The third kappa shape index (κ3) is 2.29. The highest BCUT2D eigenvalue weighted by Crippen LogP contribution is 2.42. The summed E-state index contributed by atoms with van der Waals surface area (Å²) in [4.78, 5) is 24.8. The molecule has 2 rings (SSSR count). The molecule has 17 heavy (non-hydrogen) atoms. The predicted octanol–water partition coefficient (Wildman–Crippen LogP) is 0.700. The highest BCUT2D eigenvalue weighted by atomic mass is 35.5. The smallest absolute Gasteiger partial charge is 0.353 e. The first-order valence-electron chi connectivity index (χ1n) is 4.87. The number of carbonyl (C=O) groups is 2. The molecule has 2 aliphatic rings. The first-order chi connectivity index (χ1) is 7.57. The largest absolute Gasteiger partial charge is 0.477 e. The van der Waals surface area contributed by atoms with Crippen molar-refractivity contribution in [1.29, 1.82) is 0 Å². The summed E-state index contributed by atoms with van der Waals surface area (Å²) in [6.45, 7) is 1.96. The van der Waals surface area contributed by atoms with Crippen LogP contribution in [0.25, 0.3) is 0 Å². The highest BCUT2D eigenvalue weighted by Gasteiger charge is 2.51. The van der Waals surface area contributed by atoms with Gasteiger partial charge in [-0.1, -0.05) is 6.92 Å². The van der Waals surface area contributed by atoms with Crippen molar-refractivity contribution < 1.29 is 14.7 Å². The summed E-state index contributed by atoms with van der Waals surface area (Å²) in [6.07, 6.45) is 0. The Kier molecular flexibility index (Phi) is 4.77. The summed E-state index contributed by atoms with van der Waals surface area (Å²) < 4.78 is 0. The number of hydrogen-bond acceptors (Lipinski definition) is 5. The minimum absolute atomic E-state index is 0. The Labute approximate surface area is 114 Å². The number of carboxylic acids is 1. The lowest BCUT2D eigenvalue weighted by Gasteiger charge is -2.47. The van der Waals surface area contributed by atoms with Gasteiger partial charge in [0.05, 0.1) is 0 Å². The lowest BCUT2D eigenvalue weighted by atomic mass is 10.1. The third-order valence-electron chi connectivity index (χ3n) is 2.50. The number of β-lactam (4-membered cyclic amide) rings is 1. The van der Waals surface area contributed by atoms with Crippen LogP contribution in [0.3, 0.4) is 0 Å². The van der Waals surface area contributed by atoms with Crippen LogP contribution in [-0.4, -0.2) is 44.8 Å². The maximum atomic E-state index is 11.5. The first kappa shape index (κ1) is 14.7. The summed E-state index contributed by atoms with van der Waals surface area (Å²) in [5.41, 5.74) is 5.75. The molecule has 0 bridgehead atoms. The number of hydrogen-bond donors (Lipinski definition) is 2. The minimum Gasteiger partial charge on any atom is -0.477 e. The van der Waals surface area contributed by atoms with E-state index in [-0.39, 0.29) is 29.4 Å². The van der Waals surface area contributed by atoms with Gasteiger partial charge in [0.25, 0.3) is 0 Å². The van der Waals surface area contributed by atoms with Gasteiger partial charge in [-0.3, -0.25) is 9.69 Å². The molecule has 1 amide bonds. The van der Waals surface area contributed by atoms with Crippen molar-refractivity contribution in [3.8, 4) is 0 Å². The van der Waals surface area contributed by atoms with Gasteiger partial charge in [0, 0.05) is 10.7 Å². The van der Waals surface area contributed by atoms with Crippen LogP contribution in [0, 0.1) is 0 Å². The van der Waals surface area contributed by atoms with E-state index in [1.54, 1.807) is 0 Å². The fourth-order valence-electron chi connectivity index (χ4n) is 1.77. The number of thioether (sulfide) groups is 2. The van der Waals surface area contributed by atoms with E-state index in [2.05, 4.69) is 0 Å². The van der Waals surface area contributed by atoms with Crippen LogP contribution in [0.1, 0.15) is 6.92 Å². The standard InChI is InChI=1S/C9H12N2O3S2.ClH/c1-2-15-4-3-16-8-5(10)7(12)11(8)6(4)9(13)14;/h5,8H,2-3,10H2,1H3,(H,13,14);1H/t5?,8-;/m0./s1. The molecular formula is C9H13ClN2O3S2. The molecule has 2 atom stereocenters. The van der Waals surface area contributed by atoms with Crippen LogP contribution in [0.15, 0.2) is 10.6 Å². The molecule has 1 unspecified atom stereocenters. The van der Waals surface area contributed by atoms with E-state index in [0.29, 0.717) is 5.75 Å². The summed E-state index contributed by atoms with van der Waals surface area (Å²) in [5.74, 6) is 0.0959. The number of carboxylic acid groups (broad SMARTS) is 1. The molecule has 1 saturated heterocycles. The maximum Gasteiger partial charge on any atom is 0.353 e. The second kappa shape index (κ2) is 5.51. The number of nitrogens with two attached hydrogens (primary N) is 1. The minimum atomic E-state index is -1.04. The Bertz CT molecular complexity index is 388. The van der Waals surface area contributed by atoms with Crippen molar-refractivity contribution in [2.45, 2.75) is 18.3 Å². The molecule has 5 nitrogen and oxygen atoms in total. The average Bonchev–Trinajstić information content (AvgIpc) is 2.27. The Balaban J connectivity index is 0.00000144. The van der Waals surface area contributed by atoms with Crippen LogP contribution < -0.4 is 5.73 Å². The van der Waals surface area contributed by atoms with Crippen LogP contribution in [-0.2, 0) is 9.59 Å². The molecule has 0 aromatic rings. The van der Waals surface area contributed by atoms with Gasteiger partial charge in [-0.05, 0) is 5.75 Å². The van der Waals surface area contributed by atoms with Gasteiger partial charge in [0.15, 0.2) is 0 Å². The lowest BCUT2D eigenvalue weighted by Crippen LogP contribution is -2.68. The molecule has 3 N–H and O–H groups in total. The molecule has 0 spiro atoms. The van der Waals surface area contributed by atoms with Gasteiger partial charge in [-0.15, -0.1) is 35.9 Å². The number of aliphatic carboxylic acids is 1. The van der Waals surface area contributed by atoms with Crippen molar-refractivity contribution in [2.75, 3.05) is 11.5 Å². The molecule has 0 radical (unpaired) electrons. The van der Waals surface area contributed by atoms with E-state index < -0.39 is 12.0 Å². The second-order valence-electron chi connectivity index (χ2n) is 3.45. The summed E-state index contributed by atoms with van der Waals surface area (Å²) >= 11 is 3.01. The molecule has 0 aliphatic carbocycles. The number of nitrogens with zero attached hydrogens (tertiary/aromatic N) is 1. The van der Waals surface area contributed by atoms with Gasteiger partial charge in [-0.2, -0.15) is 0 Å². The molecule has 0 aromatic heterocycles. The zero-order chi connectivity index (χ0) is 11.9. The van der Waals surface area contributed by atoms with Gasteiger partial charge in [0.1, 0.15) is 17.1 Å². The zero-order valence-electron chi connectivity index (χ0n) is 9.08. The van der Waals surface area contributed by atoms with Crippen LogP contribution >= 0.6 is 35.9 Å². The fourth-order valence-corrected chi connectivity index (χ4v) is 4.12. The number of fused-ring (bicyclic) bond motifs is 1. The zero-order valence-corrected chi connectivity index (χ0v) is 11.5. The molecule has 96 valence electrons. The molecule has 2 heterocycles. The van der Waals surface area contributed by atoms with Crippen molar-refractivity contribution in [2.24, 2.45) is 5.73 Å². The highest BCUT2D eigenvalue weighted by molar-refractivity contribution is 8.06.